The van der Waals surface area contributed by atoms with E-state index in [1.54, 1.807) is 12.1 Å². The number of hydrogen-bond acceptors (Lipinski definition) is 4. The molecule has 0 radical (unpaired) electrons. The molecule has 0 aliphatic heterocycles. The molecule has 0 bridgehead atoms. The molecule has 1 fully saturated rings. The van der Waals surface area contributed by atoms with Crippen molar-refractivity contribution in [3.63, 3.8) is 0 Å². The first kappa shape index (κ1) is 17.5. The molecule has 1 atom stereocenters. The van der Waals surface area contributed by atoms with Crippen LogP contribution < -0.4 is 5.48 Å². The molecular weight excluding hydrogens is 320 g/mol. The van der Waals surface area contributed by atoms with Crippen molar-refractivity contribution < 1.29 is 19.2 Å². The van der Waals surface area contributed by atoms with Gasteiger partial charge in [0.25, 0.3) is 0 Å². The summed E-state index contributed by atoms with van der Waals surface area (Å²) in [7, 11) is 0. The van der Waals surface area contributed by atoms with Crippen molar-refractivity contribution in [1.82, 2.24) is 10.4 Å². The number of amides is 2. The lowest BCUT2D eigenvalue weighted by molar-refractivity contribution is -0.0121. The number of nitrogens with one attached hydrogen (secondary N) is 1. The minimum Gasteiger partial charge on any atom is -0.467 e. The summed E-state index contributed by atoms with van der Waals surface area (Å²) in [4.78, 5) is 19.6. The maximum absolute atomic E-state index is 12.6. The highest BCUT2D eigenvalue weighted by Crippen LogP contribution is 2.20. The Morgan fingerprint density at radius 1 is 1.24 bits per heavy atom. The van der Waals surface area contributed by atoms with Gasteiger partial charge in [-0.1, -0.05) is 43.2 Å². The predicted octanol–water partition coefficient (Wildman–Crippen LogP) is 3.40. The number of aliphatic hydroxyl groups excluding tert-OH is 1. The molecule has 1 aromatic heterocycles. The van der Waals surface area contributed by atoms with E-state index in [1.807, 2.05) is 30.3 Å². The second-order valence-corrected chi connectivity index (χ2v) is 6.33. The van der Waals surface area contributed by atoms with Crippen LogP contribution in [0.25, 0.3) is 0 Å². The van der Waals surface area contributed by atoms with E-state index in [4.69, 9.17) is 9.25 Å². The zero-order chi connectivity index (χ0) is 17.5. The van der Waals surface area contributed by atoms with Crippen molar-refractivity contribution in [2.75, 3.05) is 6.54 Å². The van der Waals surface area contributed by atoms with Gasteiger partial charge in [-0.25, -0.2) is 10.3 Å². The number of nitrogens with zero attached hydrogens (tertiary/aromatic N) is 1. The summed E-state index contributed by atoms with van der Waals surface area (Å²) in [6.45, 7) is 0.487. The molecule has 6 heteroatoms. The minimum absolute atomic E-state index is 0.0810. The average molecular weight is 344 g/mol. The van der Waals surface area contributed by atoms with Crippen molar-refractivity contribution in [3.8, 4) is 0 Å². The van der Waals surface area contributed by atoms with Crippen LogP contribution in [0.4, 0.5) is 4.79 Å². The van der Waals surface area contributed by atoms with Gasteiger partial charge in [0.2, 0.25) is 0 Å². The van der Waals surface area contributed by atoms with Crippen LogP contribution in [0, 0.1) is 0 Å². The Morgan fingerprint density at radius 2 is 2.00 bits per heavy atom. The van der Waals surface area contributed by atoms with Crippen LogP contribution in [0.3, 0.4) is 0 Å². The first-order valence-electron chi connectivity index (χ1n) is 8.68. The number of aliphatic hydroxyl groups is 1. The molecule has 1 heterocycles. The normalized spacial score (nSPS) is 15.9. The molecule has 25 heavy (non-hydrogen) atoms. The van der Waals surface area contributed by atoms with Gasteiger partial charge in [-0.3, -0.25) is 4.84 Å². The van der Waals surface area contributed by atoms with Gasteiger partial charge in [0.05, 0.1) is 18.9 Å². The smallest absolute Gasteiger partial charge is 0.341 e. The number of urea groups is 1. The number of rotatable bonds is 7. The van der Waals surface area contributed by atoms with Gasteiger partial charge in [0.1, 0.15) is 11.9 Å². The predicted molar refractivity (Wildman–Crippen MR) is 92.4 cm³/mol. The summed E-state index contributed by atoms with van der Waals surface area (Å²) < 4.78 is 5.23. The molecular formula is C19H24N2O4. The van der Waals surface area contributed by atoms with Gasteiger partial charge in [-0.05, 0) is 30.5 Å². The van der Waals surface area contributed by atoms with E-state index >= 15 is 0 Å². The van der Waals surface area contributed by atoms with Gasteiger partial charge in [0, 0.05) is 6.54 Å². The van der Waals surface area contributed by atoms with E-state index in [2.05, 4.69) is 5.48 Å². The van der Waals surface area contributed by atoms with E-state index in [-0.39, 0.29) is 18.7 Å². The molecule has 1 aromatic carbocycles. The largest absolute Gasteiger partial charge is 0.467 e. The number of furan rings is 1. The molecule has 1 unspecified atom stereocenters. The second kappa shape index (κ2) is 8.69. The molecule has 1 saturated carbocycles. The quantitative estimate of drug-likeness (QED) is 0.755. The summed E-state index contributed by atoms with van der Waals surface area (Å²) in [6, 6.07) is 12.7. The fourth-order valence-corrected chi connectivity index (χ4v) is 3.01. The van der Waals surface area contributed by atoms with Gasteiger partial charge >= 0.3 is 6.03 Å². The number of benzene rings is 1. The van der Waals surface area contributed by atoms with Gasteiger partial charge in [-0.15, -0.1) is 0 Å². The summed E-state index contributed by atoms with van der Waals surface area (Å²) in [5, 5.41) is 10.3. The van der Waals surface area contributed by atoms with E-state index < -0.39 is 6.10 Å². The molecule has 3 rings (SSSR count). The molecule has 0 saturated heterocycles. The Labute approximate surface area is 147 Å². The molecule has 2 N–H and O–H groups in total. The maximum atomic E-state index is 12.6. The molecule has 1 aliphatic rings. The Kier molecular flexibility index (Phi) is 6.09. The first-order chi connectivity index (χ1) is 12.2. The van der Waals surface area contributed by atoms with Gasteiger partial charge < -0.3 is 14.4 Å². The highest BCUT2D eigenvalue weighted by Gasteiger charge is 2.23. The van der Waals surface area contributed by atoms with Crippen LogP contribution in [0.15, 0.2) is 53.1 Å². The topological polar surface area (TPSA) is 74.9 Å². The Bertz CT molecular complexity index is 639. The molecule has 2 aromatic rings. The summed E-state index contributed by atoms with van der Waals surface area (Å²) >= 11 is 0. The van der Waals surface area contributed by atoms with E-state index in [9.17, 15) is 9.90 Å². The third kappa shape index (κ3) is 5.08. The lowest BCUT2D eigenvalue weighted by atomic mass is 10.2. The Balaban J connectivity index is 1.63. The highest BCUT2D eigenvalue weighted by molar-refractivity contribution is 5.73. The van der Waals surface area contributed by atoms with Crippen LogP contribution in [0.2, 0.25) is 0 Å². The second-order valence-electron chi connectivity index (χ2n) is 6.33. The van der Waals surface area contributed by atoms with Crippen LogP contribution in [0.1, 0.15) is 43.1 Å². The molecule has 134 valence electrons. The average Bonchev–Trinajstić information content (AvgIpc) is 3.33. The van der Waals surface area contributed by atoms with Crippen LogP contribution >= 0.6 is 0 Å². The summed E-state index contributed by atoms with van der Waals surface area (Å²) in [5.41, 5.74) is 3.52. The third-order valence-corrected chi connectivity index (χ3v) is 4.38. The maximum Gasteiger partial charge on any atom is 0.341 e. The standard InChI is InChI=1S/C19H24N2O4/c22-17(18-11-6-12-24-18)14-21(13-15-7-2-1-3-8-15)19(23)20-25-16-9-4-5-10-16/h1-3,6-8,11-12,16-17,22H,4-5,9-10,13-14H2,(H,20,23). The van der Waals surface area contributed by atoms with Crippen molar-refractivity contribution in [3.05, 3.63) is 60.1 Å². The van der Waals surface area contributed by atoms with Gasteiger partial charge in [-0.2, -0.15) is 0 Å². The van der Waals surface area contributed by atoms with Crippen molar-refractivity contribution >= 4 is 6.03 Å². The number of carbonyl (C=O) groups excluding carboxylic acids is 1. The minimum atomic E-state index is -0.893. The monoisotopic (exact) mass is 344 g/mol. The van der Waals surface area contributed by atoms with Crippen LogP contribution in [-0.4, -0.2) is 28.7 Å². The fourth-order valence-electron chi connectivity index (χ4n) is 3.01. The highest BCUT2D eigenvalue weighted by atomic mass is 16.7. The van der Waals surface area contributed by atoms with Crippen molar-refractivity contribution in [2.45, 2.75) is 44.4 Å². The van der Waals surface area contributed by atoms with Crippen LogP contribution in [0.5, 0.6) is 0 Å². The third-order valence-electron chi connectivity index (χ3n) is 4.38. The zero-order valence-electron chi connectivity index (χ0n) is 14.1. The number of hydroxylamine groups is 1. The molecule has 0 spiro atoms. The molecule has 6 nitrogen and oxygen atoms in total. The van der Waals surface area contributed by atoms with E-state index in [1.165, 1.54) is 11.2 Å². The van der Waals surface area contributed by atoms with Gasteiger partial charge in [0.15, 0.2) is 0 Å². The lowest BCUT2D eigenvalue weighted by Gasteiger charge is -2.25. The van der Waals surface area contributed by atoms with E-state index in [0.29, 0.717) is 12.3 Å². The lowest BCUT2D eigenvalue weighted by Crippen LogP contribution is -2.42. The first-order valence-corrected chi connectivity index (χ1v) is 8.68. The Morgan fingerprint density at radius 3 is 2.68 bits per heavy atom. The summed E-state index contributed by atoms with van der Waals surface area (Å²) in [5.74, 6) is 0.433. The van der Waals surface area contributed by atoms with Crippen molar-refractivity contribution in [1.29, 1.82) is 0 Å². The molecule has 1 aliphatic carbocycles. The SMILES string of the molecule is O=C(NOC1CCCC1)N(Cc1ccccc1)CC(O)c1ccco1. The van der Waals surface area contributed by atoms with E-state index in [0.717, 1.165) is 31.2 Å². The Hall–Kier alpha value is -2.31. The summed E-state index contributed by atoms with van der Waals surface area (Å²) in [6.07, 6.45) is 4.89. The van der Waals surface area contributed by atoms with Crippen molar-refractivity contribution in [2.24, 2.45) is 0 Å². The zero-order valence-corrected chi connectivity index (χ0v) is 14.1. The van der Waals surface area contributed by atoms with Crippen LogP contribution in [-0.2, 0) is 11.4 Å². The molecule has 2 amide bonds. The number of carbonyl (C=O) groups is 1. The fraction of sp³-hybridized carbons (Fsp3) is 0.421. The number of hydrogen-bond donors (Lipinski definition) is 2.